The number of nitro groups is 1. The molecule has 0 spiro atoms. The Morgan fingerprint density at radius 2 is 1.95 bits per heavy atom. The van der Waals surface area contributed by atoms with E-state index >= 15 is 0 Å². The van der Waals surface area contributed by atoms with Crippen molar-refractivity contribution in [1.29, 1.82) is 0 Å². The van der Waals surface area contributed by atoms with Gasteiger partial charge in [-0.1, -0.05) is 30.3 Å². The predicted octanol–water partition coefficient (Wildman–Crippen LogP) is 3.47. The summed E-state index contributed by atoms with van der Waals surface area (Å²) in [4.78, 5) is 17.2. The van der Waals surface area contributed by atoms with Gasteiger partial charge in [0.15, 0.2) is 0 Å². The third kappa shape index (κ3) is 2.54. The van der Waals surface area contributed by atoms with Crippen molar-refractivity contribution in [2.24, 2.45) is 0 Å². The zero-order chi connectivity index (χ0) is 15.7. The van der Waals surface area contributed by atoms with E-state index in [4.69, 9.17) is 0 Å². The number of pyridine rings is 1. The quantitative estimate of drug-likeness (QED) is 0.626. The Hall–Kier alpha value is -2.43. The topological polar surface area (TPSA) is 59.3 Å². The van der Waals surface area contributed by atoms with Crippen LogP contribution in [0.3, 0.4) is 0 Å². The molecule has 1 aliphatic rings. The van der Waals surface area contributed by atoms with Gasteiger partial charge in [0, 0.05) is 30.8 Å². The number of likely N-dealkylation sites (N-methyl/N-ethyl adjacent to an activating group) is 1. The molecule has 2 aromatic rings. The van der Waals surface area contributed by atoms with Gasteiger partial charge in [0.25, 0.3) is 0 Å². The van der Waals surface area contributed by atoms with Crippen molar-refractivity contribution in [1.82, 2.24) is 4.98 Å². The number of nitrogens with zero attached hydrogens (tertiary/aromatic N) is 3. The van der Waals surface area contributed by atoms with Crippen molar-refractivity contribution in [2.75, 3.05) is 18.5 Å². The molecule has 3 rings (SSSR count). The number of hydrogen-bond acceptors (Lipinski definition) is 4. The lowest BCUT2D eigenvalue weighted by molar-refractivity contribution is -0.384. The smallest absolute Gasteiger partial charge is 0.314 e. The van der Waals surface area contributed by atoms with Crippen LogP contribution in [0.5, 0.6) is 0 Å². The molecule has 0 saturated heterocycles. The van der Waals surface area contributed by atoms with E-state index in [-0.39, 0.29) is 16.0 Å². The Balaban J connectivity index is 1.89. The minimum atomic E-state index is -0.337. The van der Waals surface area contributed by atoms with Crippen LogP contribution >= 0.6 is 0 Å². The maximum absolute atomic E-state index is 11.3. The fourth-order valence-electron chi connectivity index (χ4n) is 3.05. The van der Waals surface area contributed by atoms with Crippen molar-refractivity contribution in [3.8, 4) is 0 Å². The lowest BCUT2D eigenvalue weighted by Crippen LogP contribution is -2.30. The van der Waals surface area contributed by atoms with E-state index in [0.29, 0.717) is 11.4 Å². The van der Waals surface area contributed by atoms with Crippen LogP contribution in [0, 0.1) is 17.0 Å². The van der Waals surface area contributed by atoms with Crippen LogP contribution in [-0.4, -0.2) is 23.5 Å². The van der Waals surface area contributed by atoms with Gasteiger partial charge in [0.05, 0.1) is 4.92 Å². The SMILES string of the molecule is Cc1ccnc(N(C)CC2(c3ccccc3)CC2)c1[N+](=O)[O-]. The van der Waals surface area contributed by atoms with E-state index in [1.54, 1.807) is 19.2 Å². The van der Waals surface area contributed by atoms with Crippen molar-refractivity contribution in [3.05, 3.63) is 63.8 Å². The zero-order valence-corrected chi connectivity index (χ0v) is 12.8. The first kappa shape index (κ1) is 14.5. The monoisotopic (exact) mass is 297 g/mol. The Morgan fingerprint density at radius 1 is 1.27 bits per heavy atom. The molecule has 0 bridgehead atoms. The number of aromatic nitrogens is 1. The summed E-state index contributed by atoms with van der Waals surface area (Å²) in [5.41, 5.74) is 2.16. The van der Waals surface area contributed by atoms with Crippen LogP contribution in [0.15, 0.2) is 42.6 Å². The summed E-state index contributed by atoms with van der Waals surface area (Å²) in [5.74, 6) is 0.451. The molecular formula is C17H19N3O2. The van der Waals surface area contributed by atoms with Crippen LogP contribution < -0.4 is 4.90 Å². The van der Waals surface area contributed by atoms with E-state index in [1.165, 1.54) is 5.56 Å². The summed E-state index contributed by atoms with van der Waals surface area (Å²) in [6.07, 6.45) is 3.86. The van der Waals surface area contributed by atoms with Crippen LogP contribution in [0.25, 0.3) is 0 Å². The second-order valence-electron chi connectivity index (χ2n) is 6.06. The highest BCUT2D eigenvalue weighted by Gasteiger charge is 2.45. The molecule has 1 saturated carbocycles. The Bertz CT molecular complexity index is 696. The summed E-state index contributed by atoms with van der Waals surface area (Å²) in [6.45, 7) is 2.50. The van der Waals surface area contributed by atoms with E-state index in [2.05, 4.69) is 17.1 Å². The largest absolute Gasteiger partial charge is 0.353 e. The highest BCUT2D eigenvalue weighted by atomic mass is 16.6. The molecule has 5 nitrogen and oxygen atoms in total. The third-order valence-electron chi connectivity index (χ3n) is 4.43. The summed E-state index contributed by atoms with van der Waals surface area (Å²) in [7, 11) is 1.89. The van der Waals surface area contributed by atoms with Gasteiger partial charge in [-0.2, -0.15) is 0 Å². The molecule has 0 atom stereocenters. The number of rotatable bonds is 5. The van der Waals surface area contributed by atoms with Gasteiger partial charge in [0.1, 0.15) is 0 Å². The van der Waals surface area contributed by atoms with E-state index < -0.39 is 0 Å². The molecule has 1 aromatic heterocycles. The van der Waals surface area contributed by atoms with Crippen molar-refractivity contribution in [2.45, 2.75) is 25.2 Å². The first-order chi connectivity index (χ1) is 10.5. The predicted molar refractivity (Wildman–Crippen MR) is 86.3 cm³/mol. The number of hydrogen-bond donors (Lipinski definition) is 0. The van der Waals surface area contributed by atoms with Crippen molar-refractivity contribution in [3.63, 3.8) is 0 Å². The second kappa shape index (κ2) is 5.40. The first-order valence-electron chi connectivity index (χ1n) is 7.40. The van der Waals surface area contributed by atoms with Gasteiger partial charge in [-0.3, -0.25) is 10.1 Å². The molecule has 0 aliphatic heterocycles. The summed E-state index contributed by atoms with van der Waals surface area (Å²) >= 11 is 0. The zero-order valence-electron chi connectivity index (χ0n) is 12.8. The molecule has 114 valence electrons. The molecule has 1 heterocycles. The third-order valence-corrected chi connectivity index (χ3v) is 4.43. The molecule has 0 unspecified atom stereocenters. The highest BCUT2D eigenvalue weighted by Crippen LogP contribution is 2.49. The highest BCUT2D eigenvalue weighted by molar-refractivity contribution is 5.61. The molecular weight excluding hydrogens is 278 g/mol. The molecule has 0 radical (unpaired) electrons. The Kier molecular flexibility index (Phi) is 3.56. The lowest BCUT2D eigenvalue weighted by Gasteiger charge is -2.25. The van der Waals surface area contributed by atoms with E-state index in [0.717, 1.165) is 19.4 Å². The molecule has 0 amide bonds. The fraction of sp³-hybridized carbons (Fsp3) is 0.353. The summed E-state index contributed by atoms with van der Waals surface area (Å²) < 4.78 is 0. The van der Waals surface area contributed by atoms with Crippen molar-refractivity contribution >= 4 is 11.5 Å². The van der Waals surface area contributed by atoms with Gasteiger partial charge < -0.3 is 4.90 Å². The average Bonchev–Trinajstić information content (AvgIpc) is 3.28. The van der Waals surface area contributed by atoms with Crippen LogP contribution in [-0.2, 0) is 5.41 Å². The number of benzene rings is 1. The lowest BCUT2D eigenvalue weighted by atomic mass is 9.95. The minimum absolute atomic E-state index is 0.105. The molecule has 1 fully saturated rings. The first-order valence-corrected chi connectivity index (χ1v) is 7.40. The Labute approximate surface area is 129 Å². The van der Waals surface area contributed by atoms with Gasteiger partial charge in [0.2, 0.25) is 5.82 Å². The fourth-order valence-corrected chi connectivity index (χ4v) is 3.05. The molecule has 0 N–H and O–H groups in total. The van der Waals surface area contributed by atoms with Gasteiger partial charge in [-0.25, -0.2) is 4.98 Å². The second-order valence-corrected chi connectivity index (χ2v) is 6.06. The molecule has 22 heavy (non-hydrogen) atoms. The Morgan fingerprint density at radius 3 is 2.55 bits per heavy atom. The van der Waals surface area contributed by atoms with E-state index in [9.17, 15) is 10.1 Å². The number of anilines is 1. The van der Waals surface area contributed by atoms with Crippen LogP contribution in [0.1, 0.15) is 24.0 Å². The number of aryl methyl sites for hydroxylation is 1. The van der Waals surface area contributed by atoms with Gasteiger partial charge in [-0.05, 0) is 31.4 Å². The van der Waals surface area contributed by atoms with Crippen molar-refractivity contribution < 1.29 is 4.92 Å². The molecule has 1 aromatic carbocycles. The van der Waals surface area contributed by atoms with Gasteiger partial charge in [-0.15, -0.1) is 0 Å². The van der Waals surface area contributed by atoms with Crippen LogP contribution in [0.4, 0.5) is 11.5 Å². The summed E-state index contributed by atoms with van der Waals surface area (Å²) in [5, 5.41) is 11.3. The normalized spacial score (nSPS) is 15.4. The minimum Gasteiger partial charge on any atom is -0.353 e. The van der Waals surface area contributed by atoms with Gasteiger partial charge >= 0.3 is 5.69 Å². The molecule has 1 aliphatic carbocycles. The summed E-state index contributed by atoms with van der Waals surface area (Å²) in [6, 6.07) is 12.1. The standard InChI is InChI=1S/C17H19N3O2/c1-13-8-11-18-16(15(13)20(21)22)19(2)12-17(9-10-17)14-6-4-3-5-7-14/h3-8,11H,9-10,12H2,1-2H3. The van der Waals surface area contributed by atoms with E-state index in [1.807, 2.05) is 30.1 Å². The average molecular weight is 297 g/mol. The molecule has 5 heteroatoms. The maximum atomic E-state index is 11.3. The van der Waals surface area contributed by atoms with Crippen LogP contribution in [0.2, 0.25) is 0 Å². The maximum Gasteiger partial charge on any atom is 0.314 e.